The van der Waals surface area contributed by atoms with Crippen LogP contribution < -0.4 is 5.32 Å². The fourth-order valence-electron chi connectivity index (χ4n) is 3.39. The van der Waals surface area contributed by atoms with Crippen molar-refractivity contribution >= 4 is 11.4 Å². The van der Waals surface area contributed by atoms with Crippen molar-refractivity contribution in [1.82, 2.24) is 24.7 Å². The number of rotatable bonds is 4. The van der Waals surface area contributed by atoms with Gasteiger partial charge >= 0.3 is 0 Å². The monoisotopic (exact) mass is 325 g/mol. The van der Waals surface area contributed by atoms with E-state index in [1.807, 2.05) is 35.1 Å². The lowest BCUT2D eigenvalue weighted by molar-refractivity contribution is 0.0867. The average molecular weight is 325 g/mol. The predicted molar refractivity (Wildman–Crippen MR) is 87.4 cm³/mol. The van der Waals surface area contributed by atoms with E-state index in [1.165, 1.54) is 0 Å². The molecule has 0 aliphatic heterocycles. The summed E-state index contributed by atoms with van der Waals surface area (Å²) in [5.41, 5.74) is 1.23. The first-order valence-electron chi connectivity index (χ1n) is 8.10. The summed E-state index contributed by atoms with van der Waals surface area (Å²) in [7, 11) is 0. The second kappa shape index (κ2) is 6.09. The second-order valence-electron chi connectivity index (χ2n) is 6.31. The Balaban J connectivity index is 1.41. The minimum absolute atomic E-state index is 0.247. The predicted octanol–water partition coefficient (Wildman–Crippen LogP) is 1.10. The first kappa shape index (κ1) is 14.9. The van der Waals surface area contributed by atoms with Gasteiger partial charge in [-0.05, 0) is 43.0 Å². The Kier molecular flexibility index (Phi) is 3.78. The zero-order chi connectivity index (χ0) is 16.5. The SMILES string of the molecule is O=C(N[C@@H]1CC(Cn2cccn2)C[C@H]1O)c1cc2ccccn2n1. The summed E-state index contributed by atoms with van der Waals surface area (Å²) in [5, 5.41) is 21.6. The van der Waals surface area contributed by atoms with Gasteiger partial charge < -0.3 is 10.4 Å². The van der Waals surface area contributed by atoms with E-state index in [4.69, 9.17) is 0 Å². The number of nitrogens with one attached hydrogen (secondary N) is 1. The van der Waals surface area contributed by atoms with Crippen molar-refractivity contribution in [3.8, 4) is 0 Å². The minimum atomic E-state index is -0.536. The molecule has 24 heavy (non-hydrogen) atoms. The Morgan fingerprint density at radius 2 is 2.21 bits per heavy atom. The molecule has 2 N–H and O–H groups in total. The van der Waals surface area contributed by atoms with E-state index in [2.05, 4.69) is 15.5 Å². The van der Waals surface area contributed by atoms with Crippen LogP contribution in [0.25, 0.3) is 5.52 Å². The van der Waals surface area contributed by atoms with E-state index >= 15 is 0 Å². The zero-order valence-electron chi connectivity index (χ0n) is 13.1. The molecule has 7 heteroatoms. The highest BCUT2D eigenvalue weighted by molar-refractivity contribution is 5.93. The van der Waals surface area contributed by atoms with Gasteiger partial charge in [0.2, 0.25) is 0 Å². The van der Waals surface area contributed by atoms with Crippen LogP contribution in [0.4, 0.5) is 0 Å². The summed E-state index contributed by atoms with van der Waals surface area (Å²) in [6, 6.07) is 9.05. The third-order valence-electron chi connectivity index (χ3n) is 4.55. The van der Waals surface area contributed by atoms with Crippen LogP contribution in [-0.4, -0.2) is 42.6 Å². The van der Waals surface area contributed by atoms with Gasteiger partial charge in [0.25, 0.3) is 5.91 Å². The van der Waals surface area contributed by atoms with Gasteiger partial charge in [-0.1, -0.05) is 6.07 Å². The molecule has 1 amide bonds. The molecule has 3 heterocycles. The van der Waals surface area contributed by atoms with E-state index in [0.29, 0.717) is 18.0 Å². The number of aliphatic hydroxyl groups is 1. The minimum Gasteiger partial charge on any atom is -0.391 e. The molecular formula is C17H19N5O2. The summed E-state index contributed by atoms with van der Waals surface area (Å²) in [6.07, 6.45) is 6.32. The van der Waals surface area contributed by atoms with Crippen molar-refractivity contribution < 1.29 is 9.90 Å². The molecule has 0 radical (unpaired) electrons. The highest BCUT2D eigenvalue weighted by Crippen LogP contribution is 2.27. The first-order valence-corrected chi connectivity index (χ1v) is 8.10. The van der Waals surface area contributed by atoms with Gasteiger partial charge in [-0.15, -0.1) is 0 Å². The Bertz CT molecular complexity index is 809. The molecule has 1 aliphatic rings. The van der Waals surface area contributed by atoms with Crippen LogP contribution in [0.2, 0.25) is 0 Å². The number of pyridine rings is 1. The van der Waals surface area contributed by atoms with Gasteiger partial charge in [0, 0.05) is 25.1 Å². The Hall–Kier alpha value is -2.67. The maximum Gasteiger partial charge on any atom is 0.272 e. The maximum absolute atomic E-state index is 12.4. The van der Waals surface area contributed by atoms with Crippen LogP contribution >= 0.6 is 0 Å². The standard InChI is InChI=1S/C17H19N5O2/c23-16-9-12(11-21-6-3-5-18-21)8-14(16)19-17(24)15-10-13-4-1-2-7-22(13)20-15/h1-7,10,12,14,16,23H,8-9,11H2,(H,19,24)/t12?,14-,16-/m1/s1. The molecular weight excluding hydrogens is 306 g/mol. The number of carbonyl (C=O) groups is 1. The summed E-state index contributed by atoms with van der Waals surface area (Å²) in [4.78, 5) is 12.4. The Labute approximate surface area is 138 Å². The van der Waals surface area contributed by atoms with Crippen molar-refractivity contribution in [2.24, 2.45) is 5.92 Å². The summed E-state index contributed by atoms with van der Waals surface area (Å²) < 4.78 is 3.53. The largest absolute Gasteiger partial charge is 0.391 e. The molecule has 4 rings (SSSR count). The van der Waals surface area contributed by atoms with E-state index in [-0.39, 0.29) is 11.9 Å². The molecule has 1 aliphatic carbocycles. The van der Waals surface area contributed by atoms with Gasteiger partial charge in [-0.3, -0.25) is 9.48 Å². The Morgan fingerprint density at radius 1 is 1.29 bits per heavy atom. The van der Waals surface area contributed by atoms with Crippen molar-refractivity contribution in [1.29, 1.82) is 0 Å². The second-order valence-corrected chi connectivity index (χ2v) is 6.31. The fourth-order valence-corrected chi connectivity index (χ4v) is 3.39. The lowest BCUT2D eigenvalue weighted by Crippen LogP contribution is -2.40. The fraction of sp³-hybridized carbons (Fsp3) is 0.353. The van der Waals surface area contributed by atoms with E-state index in [1.54, 1.807) is 23.0 Å². The van der Waals surface area contributed by atoms with Gasteiger partial charge in [0.1, 0.15) is 0 Å². The highest BCUT2D eigenvalue weighted by atomic mass is 16.3. The first-order chi connectivity index (χ1) is 11.7. The molecule has 0 bridgehead atoms. The topological polar surface area (TPSA) is 84.5 Å². The van der Waals surface area contributed by atoms with Crippen LogP contribution in [-0.2, 0) is 6.54 Å². The van der Waals surface area contributed by atoms with Gasteiger partial charge in [-0.2, -0.15) is 10.2 Å². The van der Waals surface area contributed by atoms with E-state index < -0.39 is 6.10 Å². The lowest BCUT2D eigenvalue weighted by Gasteiger charge is -2.15. The van der Waals surface area contributed by atoms with Crippen molar-refractivity contribution in [2.45, 2.75) is 31.5 Å². The molecule has 0 spiro atoms. The van der Waals surface area contributed by atoms with Crippen molar-refractivity contribution in [2.75, 3.05) is 0 Å². The van der Waals surface area contributed by atoms with Gasteiger partial charge in [0.15, 0.2) is 5.69 Å². The van der Waals surface area contributed by atoms with Crippen LogP contribution in [0.15, 0.2) is 48.9 Å². The zero-order valence-corrected chi connectivity index (χ0v) is 13.1. The highest BCUT2D eigenvalue weighted by Gasteiger charge is 2.34. The number of fused-ring (bicyclic) bond motifs is 1. The normalized spacial score (nSPS) is 23.6. The summed E-state index contributed by atoms with van der Waals surface area (Å²) in [5.74, 6) is 0.0498. The van der Waals surface area contributed by atoms with E-state index in [0.717, 1.165) is 18.5 Å². The molecule has 7 nitrogen and oxygen atoms in total. The molecule has 3 aromatic heterocycles. The van der Waals surface area contributed by atoms with E-state index in [9.17, 15) is 9.90 Å². The Morgan fingerprint density at radius 3 is 3.00 bits per heavy atom. The molecule has 1 saturated carbocycles. The average Bonchev–Trinajstić information content (AvgIpc) is 3.28. The third-order valence-corrected chi connectivity index (χ3v) is 4.55. The summed E-state index contributed by atoms with van der Waals surface area (Å²) in [6.45, 7) is 0.755. The van der Waals surface area contributed by atoms with Crippen LogP contribution in [0.3, 0.4) is 0 Å². The lowest BCUT2D eigenvalue weighted by atomic mass is 10.1. The third kappa shape index (κ3) is 2.90. The molecule has 1 fully saturated rings. The molecule has 3 aromatic rings. The van der Waals surface area contributed by atoms with Gasteiger partial charge in [-0.25, -0.2) is 4.52 Å². The van der Waals surface area contributed by atoms with Crippen LogP contribution in [0.5, 0.6) is 0 Å². The number of carbonyl (C=O) groups excluding carboxylic acids is 1. The number of aliphatic hydroxyl groups excluding tert-OH is 1. The molecule has 3 atom stereocenters. The maximum atomic E-state index is 12.4. The molecule has 1 unspecified atom stereocenters. The number of nitrogens with zero attached hydrogens (tertiary/aromatic N) is 4. The molecule has 0 saturated heterocycles. The summed E-state index contributed by atoms with van der Waals surface area (Å²) >= 11 is 0. The number of amides is 1. The number of hydrogen-bond acceptors (Lipinski definition) is 4. The smallest absolute Gasteiger partial charge is 0.272 e. The number of aromatic nitrogens is 4. The van der Waals surface area contributed by atoms with Crippen molar-refractivity contribution in [3.63, 3.8) is 0 Å². The van der Waals surface area contributed by atoms with Crippen LogP contribution in [0, 0.1) is 5.92 Å². The molecule has 0 aromatic carbocycles. The quantitative estimate of drug-likeness (QED) is 0.752. The van der Waals surface area contributed by atoms with Gasteiger partial charge in [0.05, 0.1) is 17.7 Å². The van der Waals surface area contributed by atoms with Crippen LogP contribution in [0.1, 0.15) is 23.3 Å². The molecule has 124 valence electrons. The number of hydrogen-bond donors (Lipinski definition) is 2. The van der Waals surface area contributed by atoms with Crippen molar-refractivity contribution in [3.05, 3.63) is 54.6 Å².